The molecule has 2 N–H and O–H groups in total. The van der Waals surface area contributed by atoms with Crippen molar-refractivity contribution in [3.8, 4) is 0 Å². The highest BCUT2D eigenvalue weighted by Gasteiger charge is 2.40. The number of rotatable bonds is 4. The van der Waals surface area contributed by atoms with E-state index in [0.29, 0.717) is 0 Å². The highest BCUT2D eigenvalue weighted by Crippen LogP contribution is 2.21. The number of carbonyl (C=O) groups excluding carboxylic acids is 2. The van der Waals surface area contributed by atoms with Crippen molar-refractivity contribution in [1.82, 2.24) is 4.90 Å². The predicted molar refractivity (Wildman–Crippen MR) is 59.6 cm³/mol. The summed E-state index contributed by atoms with van der Waals surface area (Å²) in [6.45, 7) is 1.52. The largest absolute Gasteiger partial charge is 0.480 e. The molecule has 1 fully saturated rings. The van der Waals surface area contributed by atoms with E-state index in [-0.39, 0.29) is 19.4 Å². The van der Waals surface area contributed by atoms with E-state index in [0.717, 1.165) is 4.90 Å². The van der Waals surface area contributed by atoms with Gasteiger partial charge in [0.25, 0.3) is 0 Å². The van der Waals surface area contributed by atoms with Crippen LogP contribution in [0.3, 0.4) is 0 Å². The van der Waals surface area contributed by atoms with Crippen molar-refractivity contribution in [2.75, 3.05) is 13.7 Å². The van der Waals surface area contributed by atoms with Crippen LogP contribution in [-0.2, 0) is 19.1 Å². The Balaban J connectivity index is 2.70. The number of likely N-dealkylation sites (tertiary alicyclic amines) is 1. The molecule has 1 rings (SSSR count). The van der Waals surface area contributed by atoms with E-state index in [1.165, 1.54) is 14.0 Å². The van der Waals surface area contributed by atoms with Gasteiger partial charge in [-0.25, -0.2) is 4.79 Å². The number of ether oxygens (including phenoxy) is 1. The Morgan fingerprint density at radius 1 is 1.44 bits per heavy atom. The summed E-state index contributed by atoms with van der Waals surface area (Å²) in [4.78, 5) is 35.1. The van der Waals surface area contributed by atoms with Gasteiger partial charge in [-0.05, 0) is 0 Å². The average molecular weight is 259 g/mol. The molecule has 3 atom stereocenters. The van der Waals surface area contributed by atoms with E-state index in [1.807, 2.05) is 0 Å². The highest BCUT2D eigenvalue weighted by atomic mass is 16.5. The van der Waals surface area contributed by atoms with Crippen molar-refractivity contribution in [2.45, 2.75) is 31.9 Å². The molecule has 18 heavy (non-hydrogen) atoms. The number of carbonyl (C=O) groups is 3. The van der Waals surface area contributed by atoms with Gasteiger partial charge in [-0.1, -0.05) is 6.92 Å². The van der Waals surface area contributed by atoms with Gasteiger partial charge in [0.05, 0.1) is 19.6 Å². The van der Waals surface area contributed by atoms with E-state index in [9.17, 15) is 19.5 Å². The Morgan fingerprint density at radius 2 is 2.06 bits per heavy atom. The van der Waals surface area contributed by atoms with E-state index in [1.54, 1.807) is 0 Å². The average Bonchev–Trinajstić information content (AvgIpc) is 2.70. The number of aliphatic hydroxyl groups excluding tert-OH is 1. The van der Waals surface area contributed by atoms with Crippen LogP contribution in [0.25, 0.3) is 0 Å². The van der Waals surface area contributed by atoms with Gasteiger partial charge >= 0.3 is 11.9 Å². The minimum atomic E-state index is -1.15. The summed E-state index contributed by atoms with van der Waals surface area (Å²) < 4.78 is 4.45. The van der Waals surface area contributed by atoms with Crippen molar-refractivity contribution in [3.05, 3.63) is 0 Å². The number of nitrogens with zero attached hydrogens (tertiary/aromatic N) is 1. The monoisotopic (exact) mass is 259 g/mol. The topological polar surface area (TPSA) is 104 Å². The van der Waals surface area contributed by atoms with Gasteiger partial charge in [0.2, 0.25) is 5.91 Å². The third-order valence-electron chi connectivity index (χ3n) is 2.97. The Morgan fingerprint density at radius 3 is 2.56 bits per heavy atom. The molecular formula is C11H17NO6. The van der Waals surface area contributed by atoms with Gasteiger partial charge < -0.3 is 19.8 Å². The fourth-order valence-corrected chi connectivity index (χ4v) is 2.00. The second kappa shape index (κ2) is 5.81. The number of methoxy groups -OCH3 is 1. The molecule has 0 bridgehead atoms. The molecule has 0 aromatic rings. The standard InChI is InChI=1S/C11H17NO6/c1-6(3-9(14)18-2)10(15)12-5-7(13)4-8(12)11(16)17/h6-8,13H,3-5H2,1-2H3,(H,16,17)/t6?,7-,8+/m1/s1. The quantitative estimate of drug-likeness (QED) is 0.643. The van der Waals surface area contributed by atoms with Crippen LogP contribution in [-0.4, -0.2) is 58.8 Å². The number of hydrogen-bond acceptors (Lipinski definition) is 5. The van der Waals surface area contributed by atoms with Crippen molar-refractivity contribution in [3.63, 3.8) is 0 Å². The molecule has 1 saturated heterocycles. The first-order valence-electron chi connectivity index (χ1n) is 5.65. The predicted octanol–water partition coefficient (Wildman–Crippen LogP) is -0.768. The fourth-order valence-electron chi connectivity index (χ4n) is 2.00. The van der Waals surface area contributed by atoms with Gasteiger partial charge in [-0.3, -0.25) is 9.59 Å². The molecule has 0 radical (unpaired) electrons. The fraction of sp³-hybridized carbons (Fsp3) is 0.727. The van der Waals surface area contributed by atoms with E-state index in [2.05, 4.69) is 4.74 Å². The first-order chi connectivity index (χ1) is 8.36. The molecule has 0 saturated carbocycles. The van der Waals surface area contributed by atoms with Crippen molar-refractivity contribution >= 4 is 17.8 Å². The summed E-state index contributed by atoms with van der Waals surface area (Å²) in [5.74, 6) is -2.79. The van der Waals surface area contributed by atoms with Crippen LogP contribution in [0, 0.1) is 5.92 Å². The maximum Gasteiger partial charge on any atom is 0.326 e. The van der Waals surface area contributed by atoms with Crippen LogP contribution in [0.1, 0.15) is 19.8 Å². The summed E-state index contributed by atoms with van der Waals surface area (Å²) >= 11 is 0. The number of esters is 1. The van der Waals surface area contributed by atoms with E-state index in [4.69, 9.17) is 5.11 Å². The zero-order valence-corrected chi connectivity index (χ0v) is 10.3. The Hall–Kier alpha value is -1.63. The van der Waals surface area contributed by atoms with Gasteiger partial charge in [0.1, 0.15) is 6.04 Å². The van der Waals surface area contributed by atoms with Crippen LogP contribution < -0.4 is 0 Å². The molecule has 0 aromatic heterocycles. The number of carboxylic acid groups (broad SMARTS) is 1. The summed E-state index contributed by atoms with van der Waals surface area (Å²) in [5.41, 5.74) is 0. The highest BCUT2D eigenvalue weighted by molar-refractivity contribution is 5.88. The van der Waals surface area contributed by atoms with Crippen molar-refractivity contribution < 1.29 is 29.3 Å². The van der Waals surface area contributed by atoms with Gasteiger partial charge in [0.15, 0.2) is 0 Å². The first kappa shape index (κ1) is 14.4. The second-order valence-electron chi connectivity index (χ2n) is 4.42. The Kier molecular flexibility index (Phi) is 4.66. The molecular weight excluding hydrogens is 242 g/mol. The molecule has 7 nitrogen and oxygen atoms in total. The number of carboxylic acids is 1. The van der Waals surface area contributed by atoms with Crippen LogP contribution in [0.4, 0.5) is 0 Å². The zero-order valence-electron chi connectivity index (χ0n) is 10.3. The Labute approximate surface area is 104 Å². The maximum atomic E-state index is 12.0. The van der Waals surface area contributed by atoms with Crippen LogP contribution >= 0.6 is 0 Å². The number of aliphatic hydroxyl groups is 1. The van der Waals surface area contributed by atoms with Crippen molar-refractivity contribution in [2.24, 2.45) is 5.92 Å². The van der Waals surface area contributed by atoms with E-state index >= 15 is 0 Å². The number of β-amino-alcohol motifs (C(OH)–C–C–N with tert-alkyl or cyclic N) is 1. The molecule has 102 valence electrons. The van der Waals surface area contributed by atoms with Gasteiger partial charge in [0, 0.05) is 18.9 Å². The lowest BCUT2D eigenvalue weighted by Crippen LogP contribution is -2.43. The summed E-state index contributed by atoms with van der Waals surface area (Å²) in [5, 5.41) is 18.4. The number of amides is 1. The molecule has 0 spiro atoms. The summed E-state index contributed by atoms with van der Waals surface area (Å²) in [6, 6.07) is -1.02. The minimum Gasteiger partial charge on any atom is -0.480 e. The summed E-state index contributed by atoms with van der Waals surface area (Å²) in [7, 11) is 1.22. The SMILES string of the molecule is COC(=O)CC(C)C(=O)N1C[C@H](O)C[C@H]1C(=O)O. The van der Waals surface area contributed by atoms with Crippen molar-refractivity contribution in [1.29, 1.82) is 0 Å². The third-order valence-corrected chi connectivity index (χ3v) is 2.97. The molecule has 1 heterocycles. The smallest absolute Gasteiger partial charge is 0.326 e. The normalized spacial score (nSPS) is 24.7. The lowest BCUT2D eigenvalue weighted by Gasteiger charge is -2.24. The molecule has 7 heteroatoms. The molecule has 0 aromatic carbocycles. The minimum absolute atomic E-state index is 0.0126. The molecule has 1 unspecified atom stereocenters. The third kappa shape index (κ3) is 3.19. The second-order valence-corrected chi connectivity index (χ2v) is 4.42. The Bertz CT molecular complexity index is 355. The van der Waals surface area contributed by atoms with Crippen LogP contribution in [0.15, 0.2) is 0 Å². The molecule has 0 aliphatic carbocycles. The molecule has 1 amide bonds. The lowest BCUT2D eigenvalue weighted by atomic mass is 10.1. The number of hydrogen-bond donors (Lipinski definition) is 2. The number of aliphatic carboxylic acids is 1. The molecule has 1 aliphatic heterocycles. The first-order valence-corrected chi connectivity index (χ1v) is 5.65. The maximum absolute atomic E-state index is 12.0. The van der Waals surface area contributed by atoms with Crippen LogP contribution in [0.5, 0.6) is 0 Å². The van der Waals surface area contributed by atoms with Crippen LogP contribution in [0.2, 0.25) is 0 Å². The van der Waals surface area contributed by atoms with Gasteiger partial charge in [-0.2, -0.15) is 0 Å². The summed E-state index contributed by atoms with van der Waals surface area (Å²) in [6.07, 6.45) is -0.916. The molecule has 1 aliphatic rings. The van der Waals surface area contributed by atoms with Gasteiger partial charge in [-0.15, -0.1) is 0 Å². The van der Waals surface area contributed by atoms with E-state index < -0.39 is 35.9 Å². The zero-order chi connectivity index (χ0) is 13.9. The lowest BCUT2D eigenvalue weighted by molar-refractivity contribution is -0.151.